The molecule has 92 valence electrons. The molecule has 2 aromatic rings. The summed E-state index contributed by atoms with van der Waals surface area (Å²) >= 11 is 0. The Morgan fingerprint density at radius 1 is 1.35 bits per heavy atom. The highest BCUT2D eigenvalue weighted by molar-refractivity contribution is 7.89. The second-order valence-electron chi connectivity index (χ2n) is 4.31. The molecule has 0 bridgehead atoms. The van der Waals surface area contributed by atoms with Gasteiger partial charge in [-0.3, -0.25) is 0 Å². The van der Waals surface area contributed by atoms with Gasteiger partial charge in [0.25, 0.3) is 0 Å². The first kappa shape index (κ1) is 11.9. The SMILES string of the molecule is CC(C)c1ccc2[nH]c(O)c(S(N)(=O)=O)c2c1. The van der Waals surface area contributed by atoms with Crippen molar-refractivity contribution in [2.75, 3.05) is 0 Å². The fraction of sp³-hybridized carbons (Fsp3) is 0.273. The number of aromatic nitrogens is 1. The number of fused-ring (bicyclic) bond motifs is 1. The van der Waals surface area contributed by atoms with Crippen molar-refractivity contribution < 1.29 is 13.5 Å². The first-order valence-electron chi connectivity index (χ1n) is 5.18. The van der Waals surface area contributed by atoms with E-state index >= 15 is 0 Å². The molecule has 1 aromatic heterocycles. The Balaban J connectivity index is 2.83. The molecular formula is C11H14N2O3S. The van der Waals surface area contributed by atoms with E-state index in [9.17, 15) is 13.5 Å². The summed E-state index contributed by atoms with van der Waals surface area (Å²) in [6.45, 7) is 4.01. The molecule has 0 amide bonds. The Hall–Kier alpha value is -1.53. The number of primary sulfonamides is 1. The molecule has 1 heterocycles. The zero-order chi connectivity index (χ0) is 12.8. The minimum atomic E-state index is -3.94. The predicted octanol–water partition coefficient (Wildman–Crippen LogP) is 1.64. The van der Waals surface area contributed by atoms with Crippen LogP contribution in [-0.2, 0) is 10.0 Å². The summed E-state index contributed by atoms with van der Waals surface area (Å²) in [4.78, 5) is 2.36. The van der Waals surface area contributed by atoms with Crippen LogP contribution in [-0.4, -0.2) is 18.5 Å². The van der Waals surface area contributed by atoms with Crippen molar-refractivity contribution in [2.45, 2.75) is 24.7 Å². The number of H-pyrrole nitrogens is 1. The maximum absolute atomic E-state index is 11.4. The Bertz CT molecular complexity index is 671. The molecule has 0 atom stereocenters. The number of rotatable bonds is 2. The van der Waals surface area contributed by atoms with Gasteiger partial charge in [0.1, 0.15) is 0 Å². The van der Waals surface area contributed by atoms with Crippen molar-refractivity contribution >= 4 is 20.9 Å². The summed E-state index contributed by atoms with van der Waals surface area (Å²) in [6, 6.07) is 5.35. The van der Waals surface area contributed by atoms with Crippen molar-refractivity contribution in [1.82, 2.24) is 4.98 Å². The lowest BCUT2D eigenvalue weighted by Crippen LogP contribution is -2.11. The van der Waals surface area contributed by atoms with Crippen molar-refractivity contribution in [3.8, 4) is 5.88 Å². The van der Waals surface area contributed by atoms with Gasteiger partial charge in [0.2, 0.25) is 15.9 Å². The molecule has 0 saturated heterocycles. The minimum Gasteiger partial charge on any atom is -0.494 e. The maximum atomic E-state index is 11.4. The molecule has 5 nitrogen and oxygen atoms in total. The van der Waals surface area contributed by atoms with Crippen LogP contribution in [0.15, 0.2) is 23.1 Å². The second kappa shape index (κ2) is 3.75. The normalized spacial score (nSPS) is 12.5. The zero-order valence-electron chi connectivity index (χ0n) is 9.56. The van der Waals surface area contributed by atoms with Gasteiger partial charge in [-0.1, -0.05) is 19.9 Å². The molecule has 0 unspecified atom stereocenters. The number of sulfonamides is 1. The van der Waals surface area contributed by atoms with Crippen molar-refractivity contribution in [2.24, 2.45) is 5.14 Å². The van der Waals surface area contributed by atoms with Gasteiger partial charge < -0.3 is 10.1 Å². The number of hydrogen-bond donors (Lipinski definition) is 3. The van der Waals surface area contributed by atoms with Crippen LogP contribution in [0.2, 0.25) is 0 Å². The van der Waals surface area contributed by atoms with E-state index in [0.29, 0.717) is 10.9 Å². The van der Waals surface area contributed by atoms with Crippen LogP contribution in [0.3, 0.4) is 0 Å². The summed E-state index contributed by atoms with van der Waals surface area (Å²) in [5.74, 6) is -0.145. The van der Waals surface area contributed by atoms with E-state index in [4.69, 9.17) is 5.14 Å². The van der Waals surface area contributed by atoms with Crippen LogP contribution in [0.5, 0.6) is 5.88 Å². The molecule has 0 fully saturated rings. The summed E-state index contributed by atoms with van der Waals surface area (Å²) in [7, 11) is -3.94. The molecule has 17 heavy (non-hydrogen) atoms. The topological polar surface area (TPSA) is 96.2 Å². The third kappa shape index (κ3) is 2.01. The lowest BCUT2D eigenvalue weighted by Gasteiger charge is -2.05. The van der Waals surface area contributed by atoms with Gasteiger partial charge in [-0.2, -0.15) is 0 Å². The molecule has 0 saturated carbocycles. The van der Waals surface area contributed by atoms with Crippen LogP contribution < -0.4 is 5.14 Å². The van der Waals surface area contributed by atoms with Crippen molar-refractivity contribution in [3.05, 3.63) is 23.8 Å². The van der Waals surface area contributed by atoms with E-state index in [1.165, 1.54) is 0 Å². The van der Waals surface area contributed by atoms with E-state index in [1.807, 2.05) is 19.9 Å². The molecule has 0 aliphatic heterocycles. The zero-order valence-corrected chi connectivity index (χ0v) is 10.4. The van der Waals surface area contributed by atoms with Gasteiger partial charge in [0.05, 0.1) is 0 Å². The largest absolute Gasteiger partial charge is 0.494 e. The van der Waals surface area contributed by atoms with Crippen LogP contribution in [0.1, 0.15) is 25.3 Å². The maximum Gasteiger partial charge on any atom is 0.244 e. The van der Waals surface area contributed by atoms with E-state index in [2.05, 4.69) is 4.98 Å². The van der Waals surface area contributed by atoms with Gasteiger partial charge in [0.15, 0.2) is 4.90 Å². The number of hydrogen-bond acceptors (Lipinski definition) is 3. The van der Waals surface area contributed by atoms with E-state index < -0.39 is 15.9 Å². The van der Waals surface area contributed by atoms with Crippen LogP contribution in [0.4, 0.5) is 0 Å². The molecule has 1 aromatic carbocycles. The monoisotopic (exact) mass is 254 g/mol. The summed E-state index contributed by atoms with van der Waals surface area (Å²) in [5.41, 5.74) is 1.54. The third-order valence-electron chi connectivity index (χ3n) is 2.71. The molecular weight excluding hydrogens is 240 g/mol. The number of nitrogens with two attached hydrogens (primary N) is 1. The van der Waals surface area contributed by atoms with Crippen LogP contribution in [0.25, 0.3) is 10.9 Å². The van der Waals surface area contributed by atoms with E-state index in [0.717, 1.165) is 5.56 Å². The average molecular weight is 254 g/mol. The van der Waals surface area contributed by atoms with Gasteiger partial charge in [-0.25, -0.2) is 13.6 Å². The average Bonchev–Trinajstić information content (AvgIpc) is 2.51. The highest BCUT2D eigenvalue weighted by Crippen LogP contribution is 2.32. The Morgan fingerprint density at radius 2 is 2.00 bits per heavy atom. The van der Waals surface area contributed by atoms with Gasteiger partial charge >= 0.3 is 0 Å². The number of aromatic amines is 1. The molecule has 2 rings (SSSR count). The highest BCUT2D eigenvalue weighted by Gasteiger charge is 2.21. The minimum absolute atomic E-state index is 0.241. The van der Waals surface area contributed by atoms with Gasteiger partial charge in [-0.15, -0.1) is 0 Å². The van der Waals surface area contributed by atoms with Crippen LogP contribution >= 0.6 is 0 Å². The van der Waals surface area contributed by atoms with Crippen molar-refractivity contribution in [1.29, 1.82) is 0 Å². The molecule has 0 radical (unpaired) electrons. The summed E-state index contributed by atoms with van der Waals surface area (Å²) in [6.07, 6.45) is 0. The molecule has 4 N–H and O–H groups in total. The quantitative estimate of drug-likeness (QED) is 0.760. The first-order chi connectivity index (χ1) is 7.80. The van der Waals surface area contributed by atoms with Crippen LogP contribution in [0, 0.1) is 0 Å². The summed E-state index contributed by atoms with van der Waals surface area (Å²) < 4.78 is 22.8. The Labute approximate surface area is 99.3 Å². The Morgan fingerprint density at radius 3 is 2.53 bits per heavy atom. The fourth-order valence-corrected chi connectivity index (χ4v) is 2.61. The fourth-order valence-electron chi connectivity index (χ4n) is 1.82. The van der Waals surface area contributed by atoms with Crippen molar-refractivity contribution in [3.63, 3.8) is 0 Å². The number of nitrogens with one attached hydrogen (secondary N) is 1. The third-order valence-corrected chi connectivity index (χ3v) is 3.69. The number of benzene rings is 1. The van der Waals surface area contributed by atoms with E-state index in [1.54, 1.807) is 12.1 Å². The molecule has 0 spiro atoms. The molecule has 0 aliphatic rings. The first-order valence-corrected chi connectivity index (χ1v) is 6.72. The standard InChI is InChI=1S/C11H14N2O3S/c1-6(2)7-3-4-9-8(5-7)10(11(14)13-9)17(12,15)16/h3-6,13-14H,1-2H3,(H2,12,15,16). The lowest BCUT2D eigenvalue weighted by molar-refractivity contribution is 0.443. The molecule has 6 heteroatoms. The Kier molecular flexibility index (Phi) is 2.63. The van der Waals surface area contributed by atoms with Gasteiger partial charge in [0, 0.05) is 10.9 Å². The predicted molar refractivity (Wildman–Crippen MR) is 65.4 cm³/mol. The lowest BCUT2D eigenvalue weighted by atomic mass is 10.0. The van der Waals surface area contributed by atoms with Gasteiger partial charge in [-0.05, 0) is 23.6 Å². The number of aromatic hydroxyl groups is 1. The second-order valence-corrected chi connectivity index (χ2v) is 5.81. The summed E-state index contributed by atoms with van der Waals surface area (Å²) in [5, 5.41) is 15.1. The highest BCUT2D eigenvalue weighted by atomic mass is 32.2. The molecule has 0 aliphatic carbocycles. The smallest absolute Gasteiger partial charge is 0.244 e. The van der Waals surface area contributed by atoms with E-state index in [-0.39, 0.29) is 10.8 Å².